The zero-order valence-electron chi connectivity index (χ0n) is 31.0. The summed E-state index contributed by atoms with van der Waals surface area (Å²) in [7, 11) is -6.35. The molecule has 0 radical (unpaired) electrons. The number of nitrogens with one attached hydrogen (secondary N) is 1. The zero-order chi connectivity index (χ0) is 37.9. The normalized spacial score (nSPS) is 19.4. The van der Waals surface area contributed by atoms with Gasteiger partial charge in [0.2, 0.25) is 0 Å². The highest BCUT2D eigenvalue weighted by Gasteiger charge is 2.58. The van der Waals surface area contributed by atoms with Crippen molar-refractivity contribution in [2.45, 2.75) is 76.1 Å². The van der Waals surface area contributed by atoms with Crippen LogP contribution in [0.2, 0.25) is 10.1 Å². The Morgan fingerprint density at radius 1 is 0.717 bits per heavy atom. The molecule has 0 saturated carbocycles. The molecule has 6 rings (SSSR count). The molecule has 1 aliphatic rings. The van der Waals surface area contributed by atoms with Crippen molar-refractivity contribution in [2.24, 2.45) is 5.11 Å². The van der Waals surface area contributed by atoms with E-state index in [2.05, 4.69) is 105 Å². The minimum atomic E-state index is -3.27. The number of aromatic amines is 1. The second kappa shape index (κ2) is 15.3. The van der Waals surface area contributed by atoms with Crippen LogP contribution < -0.4 is 32.0 Å². The van der Waals surface area contributed by atoms with E-state index < -0.39 is 57.4 Å². The Labute approximate surface area is 312 Å². The third kappa shape index (κ3) is 7.14. The number of azide groups is 1. The van der Waals surface area contributed by atoms with Crippen molar-refractivity contribution in [2.75, 3.05) is 6.61 Å². The highest BCUT2D eigenvalue weighted by Crippen LogP contribution is 2.43. The average Bonchev–Trinajstić information content (AvgIpc) is 3.47. The summed E-state index contributed by atoms with van der Waals surface area (Å²) in [6, 6.07) is 41.3. The van der Waals surface area contributed by atoms with E-state index in [0.717, 1.165) is 20.7 Å². The Hall–Kier alpha value is -4.82. The fraction of sp³-hybridized carbons (Fsp3) is 0.317. The van der Waals surface area contributed by atoms with Crippen LogP contribution in [0.5, 0.6) is 0 Å². The summed E-state index contributed by atoms with van der Waals surface area (Å²) < 4.78 is 23.2. The first-order chi connectivity index (χ1) is 25.3. The summed E-state index contributed by atoms with van der Waals surface area (Å²) in [5.74, 6) is 0. The minimum absolute atomic E-state index is 0.0716. The molecule has 0 spiro atoms. The predicted octanol–water partition coefficient (Wildman–Crippen LogP) is 5.63. The lowest BCUT2D eigenvalue weighted by Gasteiger charge is -2.46. The van der Waals surface area contributed by atoms with Gasteiger partial charge in [0.25, 0.3) is 22.2 Å². The number of aromatic nitrogens is 2. The van der Waals surface area contributed by atoms with Crippen LogP contribution in [0.4, 0.5) is 0 Å². The summed E-state index contributed by atoms with van der Waals surface area (Å²) in [6.07, 6.45) is -1.38. The van der Waals surface area contributed by atoms with E-state index in [4.69, 9.17) is 13.6 Å². The molecule has 0 unspecified atom stereocenters. The average molecular weight is 746 g/mol. The van der Waals surface area contributed by atoms with Gasteiger partial charge >= 0.3 is 5.69 Å². The molecule has 274 valence electrons. The molecule has 1 fully saturated rings. The minimum Gasteiger partial charge on any atom is -0.405 e. The molecule has 1 aromatic heterocycles. The van der Waals surface area contributed by atoms with Crippen molar-refractivity contribution in [1.82, 2.24) is 9.55 Å². The molecule has 0 amide bonds. The highest BCUT2D eigenvalue weighted by molar-refractivity contribution is 7.00. The molecule has 4 aromatic carbocycles. The van der Waals surface area contributed by atoms with Crippen molar-refractivity contribution >= 4 is 37.4 Å². The number of H-pyrrole nitrogens is 1. The Balaban J connectivity index is 1.56. The molecule has 2 heterocycles. The highest BCUT2D eigenvalue weighted by atomic mass is 28.4. The van der Waals surface area contributed by atoms with Crippen LogP contribution in [-0.4, -0.2) is 51.0 Å². The second-order valence-corrected chi connectivity index (χ2v) is 24.1. The topological polar surface area (TPSA) is 131 Å². The number of rotatable bonds is 11. The van der Waals surface area contributed by atoms with E-state index >= 15 is 0 Å². The van der Waals surface area contributed by atoms with Crippen molar-refractivity contribution in [3.05, 3.63) is 165 Å². The smallest absolute Gasteiger partial charge is 0.330 e. The molecule has 5 aromatic rings. The predicted molar refractivity (Wildman–Crippen MR) is 214 cm³/mol. The van der Waals surface area contributed by atoms with Gasteiger partial charge < -0.3 is 13.6 Å². The number of nitrogens with zero attached hydrogens (tertiary/aromatic N) is 4. The lowest BCUT2D eigenvalue weighted by Crippen LogP contribution is -2.69. The Morgan fingerprint density at radius 3 is 1.55 bits per heavy atom. The standard InChI is InChI=1S/C41H47N5O5Si2/c1-40(2,3)52(30-19-11-7-12-20-30,31-21-13-8-14-22-31)49-29-34-37(36(44-45-42)38(50-34)46-28-27-35(47)43-39(46)48)51-53(41(4,5)6,32-23-15-9-16-24-32)33-25-17-10-18-26-33/h7-28,34,36-38H,29H2,1-6H3,(H,43,47,48)/t34-,36-,37-,38-/m1/s1. The summed E-state index contributed by atoms with van der Waals surface area (Å²) in [4.78, 5) is 31.1. The lowest BCUT2D eigenvalue weighted by molar-refractivity contribution is -0.0409. The van der Waals surface area contributed by atoms with Crippen LogP contribution in [0.1, 0.15) is 47.8 Å². The van der Waals surface area contributed by atoms with E-state index in [-0.39, 0.29) is 11.6 Å². The van der Waals surface area contributed by atoms with Crippen LogP contribution >= 0.6 is 0 Å². The van der Waals surface area contributed by atoms with E-state index in [1.807, 2.05) is 72.8 Å². The molecule has 1 N–H and O–H groups in total. The Morgan fingerprint density at radius 2 is 1.15 bits per heavy atom. The molecular formula is C41H47N5O5Si2. The Bertz CT molecular complexity index is 2070. The number of ether oxygens (including phenoxy) is 1. The SMILES string of the molecule is CC(C)(C)[Si](OC[C@H]1O[C@@H](n2ccc(=O)[nH]c2=O)[C@H](N=[N+]=[N-])[C@@H]1O[Si](c1ccccc1)(c1ccccc1)C(C)(C)C)(c1ccccc1)c1ccccc1. The summed E-state index contributed by atoms with van der Waals surface area (Å²) in [5, 5.41) is 7.81. The maximum atomic E-state index is 13.3. The lowest BCUT2D eigenvalue weighted by atomic mass is 10.1. The first-order valence-corrected chi connectivity index (χ1v) is 21.7. The summed E-state index contributed by atoms with van der Waals surface area (Å²) >= 11 is 0. The van der Waals surface area contributed by atoms with Gasteiger partial charge in [0.15, 0.2) is 0 Å². The van der Waals surface area contributed by atoms with Gasteiger partial charge in [0.1, 0.15) is 18.4 Å². The van der Waals surface area contributed by atoms with Crippen molar-refractivity contribution < 1.29 is 13.6 Å². The van der Waals surface area contributed by atoms with Gasteiger partial charge in [-0.1, -0.05) is 168 Å². The van der Waals surface area contributed by atoms with E-state index in [1.165, 1.54) is 16.8 Å². The maximum absolute atomic E-state index is 13.3. The van der Waals surface area contributed by atoms with Crippen LogP contribution in [0, 0.1) is 0 Å². The van der Waals surface area contributed by atoms with Crippen LogP contribution in [0.25, 0.3) is 10.4 Å². The van der Waals surface area contributed by atoms with Gasteiger partial charge in [-0.2, -0.15) is 0 Å². The van der Waals surface area contributed by atoms with Crippen molar-refractivity contribution in [3.8, 4) is 0 Å². The summed E-state index contributed by atoms with van der Waals surface area (Å²) in [6.45, 7) is 13.2. The van der Waals surface area contributed by atoms with Gasteiger partial charge in [-0.3, -0.25) is 14.3 Å². The molecule has 10 nitrogen and oxygen atoms in total. The zero-order valence-corrected chi connectivity index (χ0v) is 33.0. The molecule has 0 bridgehead atoms. The fourth-order valence-corrected chi connectivity index (χ4v) is 17.2. The van der Waals surface area contributed by atoms with E-state index in [9.17, 15) is 15.1 Å². The Kier molecular flexibility index (Phi) is 10.9. The van der Waals surface area contributed by atoms with Gasteiger partial charge in [0.05, 0.1) is 12.7 Å². The second-order valence-electron chi connectivity index (χ2n) is 15.5. The van der Waals surface area contributed by atoms with Gasteiger partial charge in [-0.15, -0.1) is 0 Å². The van der Waals surface area contributed by atoms with Gasteiger partial charge in [-0.25, -0.2) is 4.79 Å². The van der Waals surface area contributed by atoms with Crippen LogP contribution in [0.15, 0.2) is 148 Å². The number of benzene rings is 4. The van der Waals surface area contributed by atoms with Crippen molar-refractivity contribution in [1.29, 1.82) is 0 Å². The van der Waals surface area contributed by atoms with Crippen LogP contribution in [-0.2, 0) is 13.6 Å². The number of hydrogen-bond donors (Lipinski definition) is 1. The molecular weight excluding hydrogens is 699 g/mol. The largest absolute Gasteiger partial charge is 0.405 e. The van der Waals surface area contributed by atoms with E-state index in [0.29, 0.717) is 0 Å². The summed E-state index contributed by atoms with van der Waals surface area (Å²) in [5.41, 5.74) is 8.83. The molecule has 4 atom stereocenters. The third-order valence-corrected chi connectivity index (χ3v) is 20.3. The fourth-order valence-electron chi connectivity index (χ4n) is 7.90. The molecule has 1 saturated heterocycles. The molecule has 12 heteroatoms. The monoisotopic (exact) mass is 745 g/mol. The molecule has 0 aliphatic carbocycles. The number of hydrogen-bond acceptors (Lipinski definition) is 6. The third-order valence-electron chi connectivity index (χ3n) is 10.2. The molecule has 53 heavy (non-hydrogen) atoms. The first kappa shape index (κ1) is 37.9. The van der Waals surface area contributed by atoms with Gasteiger partial charge in [0, 0.05) is 17.2 Å². The van der Waals surface area contributed by atoms with Crippen LogP contribution in [0.3, 0.4) is 0 Å². The maximum Gasteiger partial charge on any atom is 0.330 e. The first-order valence-electron chi connectivity index (χ1n) is 17.9. The molecule has 1 aliphatic heterocycles. The van der Waals surface area contributed by atoms with E-state index in [1.54, 1.807) is 0 Å². The quantitative estimate of drug-likeness (QED) is 0.0811. The van der Waals surface area contributed by atoms with Crippen molar-refractivity contribution in [3.63, 3.8) is 0 Å². The van der Waals surface area contributed by atoms with Gasteiger partial charge in [-0.05, 0) is 36.4 Å².